The van der Waals surface area contributed by atoms with Gasteiger partial charge in [-0.1, -0.05) is 24.3 Å². The van der Waals surface area contributed by atoms with Gasteiger partial charge in [-0.25, -0.2) is 18.7 Å². The van der Waals surface area contributed by atoms with Crippen molar-refractivity contribution in [1.82, 2.24) is 59.5 Å². The van der Waals surface area contributed by atoms with Crippen LogP contribution in [0, 0.1) is 11.6 Å². The summed E-state index contributed by atoms with van der Waals surface area (Å²) in [5, 5.41) is 5.48. The number of aromatic nitrogens is 8. The van der Waals surface area contributed by atoms with Gasteiger partial charge in [-0.3, -0.25) is 24.2 Å². The number of thiazole rings is 2. The first kappa shape index (κ1) is 54.3. The number of halogens is 2. The van der Waals surface area contributed by atoms with Crippen LogP contribution >= 0.6 is 22.7 Å². The van der Waals surface area contributed by atoms with E-state index < -0.39 is 12.1 Å². The lowest BCUT2D eigenvalue weighted by molar-refractivity contribution is -0.130. The van der Waals surface area contributed by atoms with Gasteiger partial charge in [0.1, 0.15) is 23.0 Å². The van der Waals surface area contributed by atoms with E-state index >= 15 is 4.79 Å². The van der Waals surface area contributed by atoms with E-state index in [0.717, 1.165) is 46.8 Å². The van der Waals surface area contributed by atoms with E-state index in [9.17, 15) is 18.4 Å². The van der Waals surface area contributed by atoms with Crippen molar-refractivity contribution in [3.8, 4) is 24.0 Å². The van der Waals surface area contributed by atoms with Crippen LogP contribution in [0.1, 0.15) is 79.6 Å². The summed E-state index contributed by atoms with van der Waals surface area (Å²) in [5.74, 6) is 0.152. The molecule has 8 heterocycles. The molecule has 2 unspecified atom stereocenters. The Hall–Kier alpha value is -7.09. The third-order valence-electron chi connectivity index (χ3n) is 15.1. The molecule has 2 aromatic carbocycles. The molecule has 78 heavy (non-hydrogen) atoms. The summed E-state index contributed by atoms with van der Waals surface area (Å²) in [5.41, 5.74) is 2.55. The molecule has 0 N–H and O–H groups in total. The molecule has 4 saturated heterocycles. The summed E-state index contributed by atoms with van der Waals surface area (Å²) in [6.45, 7) is 6.35. The van der Waals surface area contributed by atoms with Crippen LogP contribution in [0.25, 0.3) is 0 Å². The second-order valence-corrected chi connectivity index (χ2v) is 21.4. The molecule has 25 heteroatoms. The lowest BCUT2D eigenvalue weighted by atomic mass is 9.87. The van der Waals surface area contributed by atoms with Crippen molar-refractivity contribution in [2.75, 3.05) is 117 Å². The molecule has 4 aliphatic rings. The molecule has 0 spiro atoms. The molecule has 2 amide bonds. The Morgan fingerprint density at radius 2 is 0.821 bits per heavy atom. The maximum atomic E-state index is 15.5. The fourth-order valence-corrected chi connectivity index (χ4v) is 12.6. The normalized spacial score (nSPS) is 17.9. The highest BCUT2D eigenvalue weighted by Crippen LogP contribution is 2.35. The van der Waals surface area contributed by atoms with Crippen LogP contribution in [-0.4, -0.2) is 196 Å². The number of likely N-dealkylation sites (tertiary alicyclic amines) is 2. The second-order valence-electron chi connectivity index (χ2n) is 19.6. The highest BCUT2D eigenvalue weighted by Gasteiger charge is 2.39. The summed E-state index contributed by atoms with van der Waals surface area (Å²) in [4.78, 5) is 90.5. The number of rotatable bonds is 18. The Labute approximate surface area is 458 Å². The number of hydrogen-bond acceptors (Lipinski definition) is 21. The van der Waals surface area contributed by atoms with Gasteiger partial charge >= 0.3 is 24.0 Å². The molecule has 0 radical (unpaired) electrons. The largest absolute Gasteiger partial charge is 0.467 e. The number of anilines is 2. The van der Waals surface area contributed by atoms with Gasteiger partial charge in [0.25, 0.3) is 11.8 Å². The van der Waals surface area contributed by atoms with Crippen molar-refractivity contribution in [2.45, 2.75) is 62.4 Å². The Morgan fingerprint density at radius 3 is 1.14 bits per heavy atom. The van der Waals surface area contributed by atoms with Crippen molar-refractivity contribution in [2.24, 2.45) is 0 Å². The van der Waals surface area contributed by atoms with Gasteiger partial charge in [0.2, 0.25) is 11.9 Å². The fourth-order valence-electron chi connectivity index (χ4n) is 10.6. The molecule has 6 aromatic rings. The average molecular weight is 1110 g/mol. The van der Waals surface area contributed by atoms with Gasteiger partial charge in [0.05, 0.1) is 50.5 Å². The van der Waals surface area contributed by atoms with Crippen LogP contribution in [0.15, 0.2) is 59.3 Å². The molecule has 4 aliphatic heterocycles. The van der Waals surface area contributed by atoms with Gasteiger partial charge in [0, 0.05) is 75.0 Å². The number of ether oxygens (including phenoxy) is 4. The molecule has 0 bridgehead atoms. The predicted octanol–water partition coefficient (Wildman–Crippen LogP) is 5.06. The quantitative estimate of drug-likeness (QED) is 0.110. The SMILES string of the molecule is COc1nc(OC)nc(N2CCN(C(=O)c3csc(C4CCN(C(Cc5ccc(F)cc5)C(=O)C(Cc5ccc(F)cc5)N5CCC(c6nc(C(=O)N7CCN(c8nc(OC)nc(OC)n8)CC7)cs6)CC5)CC4)n3)CC2)n1. The summed E-state index contributed by atoms with van der Waals surface area (Å²) < 4.78 is 49.4. The standard InChI is InChI=1S/C53H62F2N14O7S2/c1-73-50-58-48(59-51(62-50)74-2)68-25-21-66(22-26-68)46(71)39-31-77-44(56-39)35-13-17-64(18-14-35)41(29-33-5-9-37(54)10-6-33)43(70)42(30-34-7-11-38(55)12-8-34)65-19-15-36(16-20-65)45-57-40(32-78-45)47(72)67-23-27-69(28-24-67)49-60-52(75-3)63-53(61-49)76-4/h5-12,31-32,35-36,41-42H,13-30H2,1-4H3. The van der Waals surface area contributed by atoms with Crippen molar-refractivity contribution >= 4 is 52.2 Å². The second kappa shape index (κ2) is 24.7. The van der Waals surface area contributed by atoms with Gasteiger partial charge in [0.15, 0.2) is 5.78 Å². The summed E-state index contributed by atoms with van der Waals surface area (Å²) >= 11 is 2.99. The number of piperazine rings is 2. The molecule has 4 fully saturated rings. The van der Waals surface area contributed by atoms with E-state index in [1.165, 1.54) is 75.4 Å². The van der Waals surface area contributed by atoms with Crippen LogP contribution < -0.4 is 28.7 Å². The number of carbonyl (C=O) groups excluding carboxylic acids is 3. The zero-order valence-corrected chi connectivity index (χ0v) is 45.6. The zero-order chi connectivity index (χ0) is 54.3. The highest BCUT2D eigenvalue weighted by atomic mass is 32.1. The third kappa shape index (κ3) is 12.6. The van der Waals surface area contributed by atoms with Crippen molar-refractivity contribution in [3.63, 3.8) is 0 Å². The number of ketones is 1. The smallest absolute Gasteiger partial charge is 0.324 e. The minimum Gasteiger partial charge on any atom is -0.467 e. The van der Waals surface area contributed by atoms with E-state index in [4.69, 9.17) is 28.9 Å². The van der Waals surface area contributed by atoms with Crippen LogP contribution in [0.4, 0.5) is 20.7 Å². The number of hydrogen-bond donors (Lipinski definition) is 0. The Kier molecular flexibility index (Phi) is 17.2. The van der Waals surface area contributed by atoms with E-state index in [-0.39, 0.29) is 65.1 Å². The van der Waals surface area contributed by atoms with Crippen molar-refractivity contribution in [1.29, 1.82) is 0 Å². The number of Topliss-reactive ketones (excluding diaryl/α,β-unsaturated/α-hetero) is 1. The fraction of sp³-hybridized carbons (Fsp3) is 0.491. The van der Waals surface area contributed by atoms with Gasteiger partial charge < -0.3 is 38.5 Å². The third-order valence-corrected chi connectivity index (χ3v) is 17.1. The first-order valence-electron chi connectivity index (χ1n) is 26.1. The van der Waals surface area contributed by atoms with Gasteiger partial charge in [-0.15, -0.1) is 32.6 Å². The minimum absolute atomic E-state index is 0.0625. The summed E-state index contributed by atoms with van der Waals surface area (Å²) in [7, 11) is 5.91. The number of benzene rings is 2. The Balaban J connectivity index is 0.783. The van der Waals surface area contributed by atoms with Gasteiger partial charge in [-0.2, -0.15) is 19.9 Å². The van der Waals surface area contributed by atoms with Crippen LogP contribution in [0.5, 0.6) is 24.0 Å². The lowest BCUT2D eigenvalue weighted by Gasteiger charge is -2.41. The van der Waals surface area contributed by atoms with Gasteiger partial charge in [-0.05, 0) is 100 Å². The Morgan fingerprint density at radius 1 is 0.487 bits per heavy atom. The number of amides is 2. The predicted molar refractivity (Wildman–Crippen MR) is 286 cm³/mol. The van der Waals surface area contributed by atoms with E-state index in [2.05, 4.69) is 39.7 Å². The molecular weight excluding hydrogens is 1050 g/mol. The first-order chi connectivity index (χ1) is 37.9. The number of nitrogens with zero attached hydrogens (tertiary/aromatic N) is 14. The first-order valence-corrected chi connectivity index (χ1v) is 27.9. The molecule has 412 valence electrons. The minimum atomic E-state index is -0.524. The zero-order valence-electron chi connectivity index (χ0n) is 44.0. The topological polar surface area (TPSA) is 211 Å². The monoisotopic (exact) mass is 1110 g/mol. The number of methoxy groups -OCH3 is 4. The molecule has 4 aromatic heterocycles. The van der Waals surface area contributed by atoms with Crippen molar-refractivity contribution < 1.29 is 42.1 Å². The lowest BCUT2D eigenvalue weighted by Crippen LogP contribution is -2.55. The highest BCUT2D eigenvalue weighted by molar-refractivity contribution is 7.10. The van der Waals surface area contributed by atoms with Crippen molar-refractivity contribution in [3.05, 3.63) is 103 Å². The molecule has 0 aliphatic carbocycles. The Bertz CT molecular complexity index is 2770. The summed E-state index contributed by atoms with van der Waals surface area (Å²) in [6.07, 6.45) is 3.73. The van der Waals surface area contributed by atoms with Crippen LogP contribution in [-0.2, 0) is 17.6 Å². The number of carbonyl (C=O) groups is 3. The molecular formula is C53H62F2N14O7S2. The maximum Gasteiger partial charge on any atom is 0.324 e. The average Bonchev–Trinajstić information content (AvgIpc) is 4.22. The molecule has 2 atom stereocenters. The van der Waals surface area contributed by atoms with E-state index in [1.54, 1.807) is 34.1 Å². The summed E-state index contributed by atoms with van der Waals surface area (Å²) in [6, 6.07) is 12.3. The molecule has 21 nitrogen and oxygen atoms in total. The molecule has 0 saturated carbocycles. The maximum absolute atomic E-state index is 15.5. The van der Waals surface area contributed by atoms with Crippen LogP contribution in [0.3, 0.4) is 0 Å². The van der Waals surface area contributed by atoms with E-state index in [1.807, 2.05) is 20.6 Å². The number of piperidine rings is 2. The van der Waals surface area contributed by atoms with Crippen LogP contribution in [0.2, 0.25) is 0 Å². The van der Waals surface area contributed by atoms with E-state index in [0.29, 0.717) is 115 Å². The molecule has 10 rings (SSSR count).